The number of likely N-dealkylation sites (N-methyl/N-ethyl adjacent to an activating group) is 1. The van der Waals surface area contributed by atoms with Crippen LogP contribution in [0, 0.1) is 40.9 Å². The summed E-state index contributed by atoms with van der Waals surface area (Å²) in [6, 6.07) is 8.68. The molecule has 1 amide bonds. The van der Waals surface area contributed by atoms with Crippen molar-refractivity contribution >= 4 is 5.91 Å². The molecule has 8 nitrogen and oxygen atoms in total. The zero-order chi connectivity index (χ0) is 34.7. The molecule has 5 fully saturated rings. The van der Waals surface area contributed by atoms with E-state index in [1.807, 2.05) is 0 Å². The maximum absolute atomic E-state index is 14.1. The molecule has 0 aromatic heterocycles. The van der Waals surface area contributed by atoms with Gasteiger partial charge in [-0.2, -0.15) is 5.06 Å². The van der Waals surface area contributed by atoms with Crippen LogP contribution >= 0.6 is 0 Å². The minimum Gasteiger partial charge on any atom is -0.394 e. The minimum absolute atomic E-state index is 0.0946. The van der Waals surface area contributed by atoms with Gasteiger partial charge in [0.2, 0.25) is 5.91 Å². The predicted molar refractivity (Wildman–Crippen MR) is 193 cm³/mol. The molecule has 272 valence electrons. The lowest BCUT2D eigenvalue weighted by Gasteiger charge is -2.62. The number of aliphatic hydroxyl groups is 2. The molecule has 5 aliphatic rings. The molecule has 1 heterocycles. The van der Waals surface area contributed by atoms with Gasteiger partial charge < -0.3 is 20.4 Å². The second-order valence-corrected chi connectivity index (χ2v) is 17.5. The highest BCUT2D eigenvalue weighted by molar-refractivity contribution is 5.82. The summed E-state index contributed by atoms with van der Waals surface area (Å²) in [5, 5.41) is 26.3. The summed E-state index contributed by atoms with van der Waals surface area (Å²) in [6.45, 7) is 16.7. The number of benzene rings is 1. The average Bonchev–Trinajstić information content (AvgIpc) is 3.40. The van der Waals surface area contributed by atoms with Crippen molar-refractivity contribution in [3.63, 3.8) is 0 Å². The first kappa shape index (κ1) is 37.7. The van der Waals surface area contributed by atoms with Crippen molar-refractivity contribution in [2.45, 2.75) is 136 Å². The Morgan fingerprint density at radius 1 is 1.10 bits per heavy atom. The Labute approximate surface area is 291 Å². The smallest absolute Gasteiger partial charge is 0.240 e. The number of nitrogens with zero attached hydrogens (tertiary/aromatic N) is 3. The minimum atomic E-state index is -0.798. The van der Waals surface area contributed by atoms with Gasteiger partial charge in [0.25, 0.3) is 0 Å². The zero-order valence-corrected chi connectivity index (χ0v) is 31.4. The highest BCUT2D eigenvalue weighted by atomic mass is 16.7. The molecule has 48 heavy (non-hydrogen) atoms. The van der Waals surface area contributed by atoms with Crippen LogP contribution in [0.3, 0.4) is 0 Å². The molecule has 0 radical (unpaired) electrons. The fourth-order valence-electron chi connectivity index (χ4n) is 10.1. The molecule has 6 rings (SSSR count). The fraction of sp³-hybridized carbons (Fsp3) is 0.825. The monoisotopic (exact) mass is 669 g/mol. The van der Waals surface area contributed by atoms with E-state index in [4.69, 9.17) is 4.84 Å². The Morgan fingerprint density at radius 2 is 1.81 bits per heavy atom. The normalized spacial score (nSPS) is 32.1. The number of nitrogens with one attached hydrogen (secondary N) is 1. The van der Waals surface area contributed by atoms with Crippen molar-refractivity contribution < 1.29 is 19.8 Å². The molecule has 8 heteroatoms. The summed E-state index contributed by atoms with van der Waals surface area (Å²) in [6.07, 6.45) is 8.73. The maximum Gasteiger partial charge on any atom is 0.240 e. The molecule has 1 aromatic rings. The van der Waals surface area contributed by atoms with Gasteiger partial charge in [-0.15, -0.1) is 0 Å². The largest absolute Gasteiger partial charge is 0.394 e. The van der Waals surface area contributed by atoms with Gasteiger partial charge in [0.05, 0.1) is 19.3 Å². The second kappa shape index (κ2) is 16.2. The zero-order valence-electron chi connectivity index (χ0n) is 31.4. The molecule has 3 N–H and O–H groups in total. The van der Waals surface area contributed by atoms with Gasteiger partial charge in [0.15, 0.2) is 0 Å². The Morgan fingerprint density at radius 3 is 2.42 bits per heavy atom. The molecule has 1 aliphatic heterocycles. The van der Waals surface area contributed by atoms with Crippen LogP contribution in [-0.2, 0) is 22.7 Å². The van der Waals surface area contributed by atoms with Crippen LogP contribution in [0.2, 0.25) is 0 Å². The van der Waals surface area contributed by atoms with Gasteiger partial charge in [-0.3, -0.25) is 14.5 Å². The number of carbonyl (C=O) groups is 1. The van der Waals surface area contributed by atoms with Gasteiger partial charge >= 0.3 is 0 Å². The number of aliphatic hydroxyl groups excluding tert-OH is 2. The first-order valence-corrected chi connectivity index (χ1v) is 19.3. The van der Waals surface area contributed by atoms with E-state index in [2.05, 4.69) is 88.1 Å². The highest BCUT2D eigenvalue weighted by Gasteiger charge is 2.57. The Hall–Kier alpha value is -1.55. The van der Waals surface area contributed by atoms with Crippen LogP contribution < -0.4 is 5.32 Å². The summed E-state index contributed by atoms with van der Waals surface area (Å²) in [4.78, 5) is 25.5. The number of rotatable bonds is 15. The Balaban J connectivity index is 1.33. The standard InChI is InChI=1S/C40H68N4O4/c1-26(2)17-33(24-42(7)8)43(21-29-13-10-9-11-14-29)22-30-15-12-16-31(18-30)23-44-38(37(28(4)46)36(25-45)48-44)39(47)41-35-20-32-19-34(27(35)3)40(32,5)6/h12,15-16,18,26-29,32-38,45-46H,9-11,13-14,17,19-25H2,1-8H3,(H,41,47)/t27-,28+,32?,33+,34?,35+,36+,37-,38+/m1/s1. The molecule has 2 bridgehead atoms. The number of carbonyl (C=O) groups excluding carboxylic acids is 1. The van der Waals surface area contributed by atoms with Gasteiger partial charge in [-0.1, -0.05) is 78.1 Å². The highest BCUT2D eigenvalue weighted by Crippen LogP contribution is 2.61. The molecule has 1 saturated heterocycles. The van der Waals surface area contributed by atoms with Gasteiger partial charge in [-0.25, -0.2) is 0 Å². The second-order valence-electron chi connectivity index (χ2n) is 17.5. The summed E-state index contributed by atoms with van der Waals surface area (Å²) < 4.78 is 0. The van der Waals surface area contributed by atoms with E-state index in [1.165, 1.54) is 50.5 Å². The number of hydroxylamine groups is 2. The maximum atomic E-state index is 14.1. The summed E-state index contributed by atoms with van der Waals surface area (Å²) in [7, 11) is 4.38. The average molecular weight is 669 g/mol. The van der Waals surface area contributed by atoms with E-state index in [0.717, 1.165) is 37.5 Å². The van der Waals surface area contributed by atoms with E-state index in [9.17, 15) is 15.0 Å². The van der Waals surface area contributed by atoms with Crippen molar-refractivity contribution in [3.05, 3.63) is 35.4 Å². The van der Waals surface area contributed by atoms with Crippen molar-refractivity contribution in [1.29, 1.82) is 0 Å². The molecular weight excluding hydrogens is 600 g/mol. The lowest BCUT2D eigenvalue weighted by Crippen LogP contribution is -2.62. The van der Waals surface area contributed by atoms with Crippen LogP contribution in [0.25, 0.3) is 0 Å². The molecule has 9 atom stereocenters. The van der Waals surface area contributed by atoms with Crippen LogP contribution in [0.4, 0.5) is 0 Å². The van der Waals surface area contributed by atoms with Crippen molar-refractivity contribution in [2.75, 3.05) is 33.8 Å². The Bertz CT molecular complexity index is 1170. The number of fused-ring (bicyclic) bond motifs is 2. The SMILES string of the molecule is CC(C)C[C@@H](CN(C)C)N(Cc1cccc(CN2O[C@@H](CO)[C@@H]([C@H](C)O)[C@H]2C(=O)N[C@H]2CC3CC([C@H]2C)C3(C)C)c1)CC1CCCCC1. The van der Waals surface area contributed by atoms with E-state index in [0.29, 0.717) is 41.7 Å². The number of hydrogen-bond donors (Lipinski definition) is 3. The van der Waals surface area contributed by atoms with E-state index in [1.54, 1.807) is 12.0 Å². The lowest BCUT2D eigenvalue weighted by molar-refractivity contribution is -0.183. The molecule has 0 spiro atoms. The van der Waals surface area contributed by atoms with Crippen LogP contribution in [0.1, 0.15) is 104 Å². The lowest BCUT2D eigenvalue weighted by atomic mass is 9.45. The summed E-state index contributed by atoms with van der Waals surface area (Å²) in [5.74, 6) is 2.43. The molecule has 4 saturated carbocycles. The number of hydrogen-bond acceptors (Lipinski definition) is 7. The first-order valence-electron chi connectivity index (χ1n) is 19.3. The topological polar surface area (TPSA) is 88.5 Å². The van der Waals surface area contributed by atoms with Gasteiger partial charge in [-0.05, 0) is 99.3 Å². The van der Waals surface area contributed by atoms with Crippen LogP contribution in [0.15, 0.2) is 24.3 Å². The van der Waals surface area contributed by atoms with Crippen molar-refractivity contribution in [2.24, 2.45) is 40.9 Å². The fourth-order valence-corrected chi connectivity index (χ4v) is 10.1. The molecular formula is C40H68N4O4. The predicted octanol–water partition coefficient (Wildman–Crippen LogP) is 5.71. The quantitative estimate of drug-likeness (QED) is 0.221. The molecule has 1 aromatic carbocycles. The van der Waals surface area contributed by atoms with Crippen LogP contribution in [-0.4, -0.2) is 95.1 Å². The van der Waals surface area contributed by atoms with Gasteiger partial charge in [0, 0.05) is 37.6 Å². The molecule has 2 unspecified atom stereocenters. The summed E-state index contributed by atoms with van der Waals surface area (Å²) >= 11 is 0. The van der Waals surface area contributed by atoms with Crippen molar-refractivity contribution in [3.8, 4) is 0 Å². The molecule has 4 aliphatic carbocycles. The number of amides is 1. The third kappa shape index (κ3) is 8.66. The van der Waals surface area contributed by atoms with E-state index >= 15 is 0 Å². The van der Waals surface area contributed by atoms with E-state index in [-0.39, 0.29) is 18.6 Å². The third-order valence-corrected chi connectivity index (χ3v) is 12.8. The summed E-state index contributed by atoms with van der Waals surface area (Å²) in [5.41, 5.74) is 2.69. The van der Waals surface area contributed by atoms with E-state index < -0.39 is 24.2 Å². The first-order chi connectivity index (χ1) is 22.8. The van der Waals surface area contributed by atoms with Gasteiger partial charge in [0.1, 0.15) is 12.1 Å². The van der Waals surface area contributed by atoms with Crippen molar-refractivity contribution in [1.82, 2.24) is 20.2 Å². The van der Waals surface area contributed by atoms with Crippen LogP contribution in [0.5, 0.6) is 0 Å². The third-order valence-electron chi connectivity index (χ3n) is 12.8. The Kier molecular flexibility index (Phi) is 12.7.